The van der Waals surface area contributed by atoms with Crippen LogP contribution in [0.25, 0.3) is 5.69 Å². The van der Waals surface area contributed by atoms with Gasteiger partial charge in [0.15, 0.2) is 5.16 Å². The first-order valence-electron chi connectivity index (χ1n) is 7.39. The summed E-state index contributed by atoms with van der Waals surface area (Å²) in [6.07, 6.45) is 1.57. The smallest absolute Gasteiger partial charge is 0.262 e. The van der Waals surface area contributed by atoms with Gasteiger partial charge in [0.1, 0.15) is 6.33 Å². The van der Waals surface area contributed by atoms with Crippen LogP contribution >= 0.6 is 23.4 Å². The van der Waals surface area contributed by atoms with E-state index in [-0.39, 0.29) is 17.7 Å². The monoisotopic (exact) mass is 370 g/mol. The Morgan fingerprint density at radius 3 is 2.40 bits per heavy atom. The van der Waals surface area contributed by atoms with E-state index in [0.717, 1.165) is 5.69 Å². The highest BCUT2D eigenvalue weighted by atomic mass is 35.5. The van der Waals surface area contributed by atoms with Crippen LogP contribution in [0.2, 0.25) is 5.02 Å². The van der Waals surface area contributed by atoms with Gasteiger partial charge in [-0.25, -0.2) is 0 Å². The van der Waals surface area contributed by atoms with Crippen LogP contribution in [0.1, 0.15) is 20.7 Å². The van der Waals surface area contributed by atoms with Gasteiger partial charge in [0.05, 0.1) is 22.7 Å². The Balaban J connectivity index is 1.55. The number of rotatable bonds is 4. The van der Waals surface area contributed by atoms with Gasteiger partial charge >= 0.3 is 0 Å². The average Bonchev–Trinajstić information content (AvgIpc) is 3.18. The topological polar surface area (TPSA) is 68.1 Å². The Bertz CT molecular complexity index is 953. The van der Waals surface area contributed by atoms with Gasteiger partial charge in [-0.05, 0) is 30.3 Å². The predicted octanol–water partition coefficient (Wildman–Crippen LogP) is 3.27. The second-order valence-electron chi connectivity index (χ2n) is 5.32. The summed E-state index contributed by atoms with van der Waals surface area (Å²) < 4.78 is 1.76. The van der Waals surface area contributed by atoms with Crippen molar-refractivity contribution in [2.75, 3.05) is 5.88 Å². The van der Waals surface area contributed by atoms with Crippen LogP contribution in [0.3, 0.4) is 0 Å². The summed E-state index contributed by atoms with van der Waals surface area (Å²) in [5.74, 6) is -0.421. The van der Waals surface area contributed by atoms with E-state index in [9.17, 15) is 9.59 Å². The van der Waals surface area contributed by atoms with Crippen molar-refractivity contribution in [2.45, 2.75) is 5.16 Å². The van der Waals surface area contributed by atoms with Gasteiger partial charge in [-0.15, -0.1) is 10.2 Å². The molecule has 1 aromatic heterocycles. The molecule has 0 bridgehead atoms. The molecule has 0 aliphatic carbocycles. The molecule has 0 saturated heterocycles. The Hall–Kier alpha value is -2.64. The van der Waals surface area contributed by atoms with Gasteiger partial charge in [-0.1, -0.05) is 41.6 Å². The molecule has 1 aliphatic rings. The largest absolute Gasteiger partial charge is 0.277 e. The van der Waals surface area contributed by atoms with Crippen molar-refractivity contribution in [2.24, 2.45) is 0 Å². The highest BCUT2D eigenvalue weighted by molar-refractivity contribution is 7.99. The van der Waals surface area contributed by atoms with Crippen LogP contribution < -0.4 is 0 Å². The first kappa shape index (κ1) is 15.9. The van der Waals surface area contributed by atoms with E-state index in [1.165, 1.54) is 16.7 Å². The number of aromatic nitrogens is 3. The Morgan fingerprint density at radius 2 is 1.72 bits per heavy atom. The van der Waals surface area contributed by atoms with Crippen LogP contribution in [0.4, 0.5) is 0 Å². The second kappa shape index (κ2) is 6.34. The third-order valence-electron chi connectivity index (χ3n) is 3.80. The molecule has 2 aromatic carbocycles. The number of benzene rings is 2. The van der Waals surface area contributed by atoms with E-state index < -0.39 is 0 Å². The number of carbonyl (C=O) groups is 2. The molecular weight excluding hydrogens is 360 g/mol. The van der Waals surface area contributed by atoms with Crippen LogP contribution in [-0.2, 0) is 0 Å². The van der Waals surface area contributed by atoms with Crippen molar-refractivity contribution in [3.63, 3.8) is 0 Å². The molecule has 0 saturated carbocycles. The minimum Gasteiger partial charge on any atom is -0.277 e. The summed E-state index contributed by atoms with van der Waals surface area (Å²) in [7, 11) is 0. The number of hydrogen-bond donors (Lipinski definition) is 0. The molecule has 0 fully saturated rings. The maximum atomic E-state index is 12.4. The summed E-state index contributed by atoms with van der Waals surface area (Å²) in [4.78, 5) is 26.0. The number of halogens is 1. The van der Waals surface area contributed by atoms with Gasteiger partial charge in [-0.3, -0.25) is 19.1 Å². The van der Waals surface area contributed by atoms with E-state index in [1.54, 1.807) is 47.3 Å². The lowest BCUT2D eigenvalue weighted by Crippen LogP contribution is -2.29. The molecule has 25 heavy (non-hydrogen) atoms. The summed E-state index contributed by atoms with van der Waals surface area (Å²) >= 11 is 7.29. The molecule has 2 amide bonds. The zero-order valence-electron chi connectivity index (χ0n) is 12.8. The molecule has 0 radical (unpaired) electrons. The molecule has 6 nitrogen and oxygen atoms in total. The van der Waals surface area contributed by atoms with Gasteiger partial charge in [-0.2, -0.15) is 0 Å². The van der Waals surface area contributed by atoms with Crippen molar-refractivity contribution in [3.8, 4) is 5.69 Å². The Morgan fingerprint density at radius 1 is 1.00 bits per heavy atom. The van der Waals surface area contributed by atoms with Crippen molar-refractivity contribution in [1.82, 2.24) is 19.7 Å². The molecule has 0 N–H and O–H groups in total. The number of carbonyl (C=O) groups excluding carboxylic acids is 2. The Labute approximate surface area is 152 Å². The number of amides is 2. The molecule has 8 heteroatoms. The molecule has 0 atom stereocenters. The zero-order valence-corrected chi connectivity index (χ0v) is 14.4. The van der Waals surface area contributed by atoms with Crippen LogP contribution in [0.5, 0.6) is 0 Å². The van der Waals surface area contributed by atoms with Gasteiger partial charge in [0, 0.05) is 5.02 Å². The summed E-state index contributed by atoms with van der Waals surface area (Å²) in [6.45, 7) is 0. The lowest BCUT2D eigenvalue weighted by Gasteiger charge is -2.13. The molecule has 0 spiro atoms. The second-order valence-corrected chi connectivity index (χ2v) is 6.67. The third-order valence-corrected chi connectivity index (χ3v) is 4.96. The highest BCUT2D eigenvalue weighted by Gasteiger charge is 2.35. The lowest BCUT2D eigenvalue weighted by molar-refractivity contribution is 0.0684. The molecule has 3 aromatic rings. The van der Waals surface area contributed by atoms with E-state index in [2.05, 4.69) is 10.2 Å². The molecule has 0 unspecified atom stereocenters. The first-order valence-corrected chi connectivity index (χ1v) is 8.75. The predicted molar refractivity (Wildman–Crippen MR) is 94.0 cm³/mol. The fourth-order valence-corrected chi connectivity index (χ4v) is 3.66. The molecule has 4 rings (SSSR count). The first-order chi connectivity index (χ1) is 12.1. The number of fused-ring (bicyclic) bond motifs is 1. The maximum Gasteiger partial charge on any atom is 0.262 e. The van der Waals surface area contributed by atoms with E-state index in [0.29, 0.717) is 21.3 Å². The standard InChI is InChI=1S/C17H11ClN4O2S/c18-11-4-3-5-12(8-11)21-9-19-20-17(21)25-10-22-15(23)13-6-1-2-7-14(13)16(22)24/h1-9H,10H2. The number of imide groups is 1. The lowest BCUT2D eigenvalue weighted by atomic mass is 10.1. The summed E-state index contributed by atoms with van der Waals surface area (Å²) in [5.41, 5.74) is 1.68. The maximum absolute atomic E-state index is 12.4. The minimum absolute atomic E-state index is 0.158. The van der Waals surface area contributed by atoms with Gasteiger partial charge < -0.3 is 0 Å². The highest BCUT2D eigenvalue weighted by Crippen LogP contribution is 2.27. The van der Waals surface area contributed by atoms with Crippen LogP contribution in [-0.4, -0.2) is 37.4 Å². The number of nitrogens with zero attached hydrogens (tertiary/aromatic N) is 4. The third kappa shape index (κ3) is 2.81. The van der Waals surface area contributed by atoms with Gasteiger partial charge in [0.25, 0.3) is 11.8 Å². The molecule has 2 heterocycles. The summed E-state index contributed by atoms with van der Waals surface area (Å²) in [6, 6.07) is 14.1. The Kier molecular flexibility index (Phi) is 4.03. The van der Waals surface area contributed by atoms with Crippen molar-refractivity contribution < 1.29 is 9.59 Å². The van der Waals surface area contributed by atoms with Crippen molar-refractivity contribution >= 4 is 35.2 Å². The van der Waals surface area contributed by atoms with Crippen LogP contribution in [0.15, 0.2) is 60.0 Å². The zero-order chi connectivity index (χ0) is 17.4. The van der Waals surface area contributed by atoms with E-state index >= 15 is 0 Å². The van der Waals surface area contributed by atoms with Crippen molar-refractivity contribution in [1.29, 1.82) is 0 Å². The molecule has 1 aliphatic heterocycles. The molecule has 124 valence electrons. The summed E-state index contributed by atoms with van der Waals surface area (Å²) in [5, 5.41) is 9.15. The van der Waals surface area contributed by atoms with E-state index in [1.807, 2.05) is 12.1 Å². The molecular formula is C17H11ClN4O2S. The number of thioether (sulfide) groups is 1. The fourth-order valence-electron chi connectivity index (χ4n) is 2.60. The average molecular weight is 371 g/mol. The normalized spacial score (nSPS) is 13.4. The fraction of sp³-hybridized carbons (Fsp3) is 0.0588. The SMILES string of the molecule is O=C1c2ccccc2C(=O)N1CSc1nncn1-c1cccc(Cl)c1. The van der Waals surface area contributed by atoms with E-state index in [4.69, 9.17) is 11.6 Å². The van der Waals surface area contributed by atoms with Crippen LogP contribution in [0, 0.1) is 0 Å². The minimum atomic E-state index is -0.290. The quantitative estimate of drug-likeness (QED) is 0.521. The van der Waals surface area contributed by atoms with Gasteiger partial charge in [0.2, 0.25) is 0 Å². The van der Waals surface area contributed by atoms with Crippen molar-refractivity contribution in [3.05, 3.63) is 71.0 Å². The number of hydrogen-bond acceptors (Lipinski definition) is 5.